The summed E-state index contributed by atoms with van der Waals surface area (Å²) < 4.78 is 29.8. The van der Waals surface area contributed by atoms with E-state index in [1.54, 1.807) is 26.4 Å². The van der Waals surface area contributed by atoms with Gasteiger partial charge in [-0.25, -0.2) is 9.86 Å². The molecule has 12 heteroatoms. The van der Waals surface area contributed by atoms with Gasteiger partial charge >= 0.3 is 0 Å². The first kappa shape index (κ1) is 20.3. The van der Waals surface area contributed by atoms with E-state index >= 15 is 0 Å². The Morgan fingerprint density at radius 3 is 2.54 bits per heavy atom. The molecule has 134 valence electrons. The summed E-state index contributed by atoms with van der Waals surface area (Å²) in [7, 11) is -0.626. The maximum absolute atomic E-state index is 10.8. The number of amidine groups is 2. The number of rotatable bonds is 8. The number of nitrogens with zero attached hydrogens (tertiary/aromatic N) is 3. The normalized spacial score (nSPS) is 14.1. The Balaban J connectivity index is 2.67. The topological polar surface area (TPSA) is 160 Å². The van der Waals surface area contributed by atoms with E-state index in [0.29, 0.717) is 17.3 Å². The molecule has 1 aromatic rings. The second kappa shape index (κ2) is 9.52. The van der Waals surface area contributed by atoms with Gasteiger partial charge in [0, 0.05) is 27.2 Å². The molecular formula is C12H20BrN7O3S. The molecule has 6 N–H and O–H groups in total. The molecule has 0 unspecified atom stereocenters. The molecule has 0 aliphatic carbocycles. The Labute approximate surface area is 148 Å². The predicted molar refractivity (Wildman–Crippen MR) is 97.6 cm³/mol. The SMILES string of the molecule is CN=C(NCCNS(N)(=O)=O)C(=NC)C(N)=NCc1cc(Br)co1. The highest BCUT2D eigenvalue weighted by atomic mass is 79.9. The van der Waals surface area contributed by atoms with E-state index in [9.17, 15) is 8.42 Å². The molecule has 1 rings (SSSR count). The summed E-state index contributed by atoms with van der Waals surface area (Å²) in [4.78, 5) is 12.3. The first-order chi connectivity index (χ1) is 11.3. The van der Waals surface area contributed by atoms with E-state index < -0.39 is 10.2 Å². The third-order valence-electron chi connectivity index (χ3n) is 2.66. The van der Waals surface area contributed by atoms with Gasteiger partial charge in [-0.3, -0.25) is 15.0 Å². The van der Waals surface area contributed by atoms with Crippen LogP contribution in [0.1, 0.15) is 5.76 Å². The molecule has 0 saturated carbocycles. The fourth-order valence-electron chi connectivity index (χ4n) is 1.66. The molecule has 0 bridgehead atoms. The molecule has 0 aromatic carbocycles. The van der Waals surface area contributed by atoms with Crippen LogP contribution in [0, 0.1) is 0 Å². The molecule has 0 atom stereocenters. The van der Waals surface area contributed by atoms with Gasteiger partial charge in [0.1, 0.15) is 29.4 Å². The molecule has 24 heavy (non-hydrogen) atoms. The lowest BCUT2D eigenvalue weighted by molar-refractivity contribution is 0.512. The van der Waals surface area contributed by atoms with Crippen molar-refractivity contribution in [3.63, 3.8) is 0 Å². The Hall–Kier alpha value is -1.76. The van der Waals surface area contributed by atoms with Crippen LogP contribution < -0.4 is 20.9 Å². The van der Waals surface area contributed by atoms with Crippen LogP contribution in [0.2, 0.25) is 0 Å². The van der Waals surface area contributed by atoms with Crippen molar-refractivity contribution in [3.05, 3.63) is 22.6 Å². The summed E-state index contributed by atoms with van der Waals surface area (Å²) in [6, 6.07) is 1.78. The molecular weight excluding hydrogens is 402 g/mol. The molecule has 1 heterocycles. The van der Waals surface area contributed by atoms with Crippen LogP contribution in [0.25, 0.3) is 0 Å². The summed E-state index contributed by atoms with van der Waals surface area (Å²) in [6.45, 7) is 0.591. The smallest absolute Gasteiger partial charge is 0.274 e. The van der Waals surface area contributed by atoms with Gasteiger partial charge in [0.05, 0.1) is 11.0 Å². The number of halogens is 1. The summed E-state index contributed by atoms with van der Waals surface area (Å²) in [5.41, 5.74) is 6.31. The lowest BCUT2D eigenvalue weighted by atomic mass is 10.3. The highest BCUT2D eigenvalue weighted by Crippen LogP contribution is 2.14. The highest BCUT2D eigenvalue weighted by Gasteiger charge is 2.12. The summed E-state index contributed by atoms with van der Waals surface area (Å²) in [5.74, 6) is 1.20. The highest BCUT2D eigenvalue weighted by molar-refractivity contribution is 9.10. The minimum Gasteiger partial charge on any atom is -0.466 e. The summed E-state index contributed by atoms with van der Waals surface area (Å²) in [6.07, 6.45) is 1.55. The van der Waals surface area contributed by atoms with E-state index in [-0.39, 0.29) is 25.5 Å². The average molecular weight is 422 g/mol. The molecule has 0 amide bonds. The number of nitrogens with two attached hydrogens (primary N) is 2. The van der Waals surface area contributed by atoms with Gasteiger partial charge in [-0.2, -0.15) is 8.42 Å². The van der Waals surface area contributed by atoms with Gasteiger partial charge < -0.3 is 15.5 Å². The monoisotopic (exact) mass is 421 g/mol. The third kappa shape index (κ3) is 7.21. The third-order valence-corrected chi connectivity index (χ3v) is 3.68. The Kier molecular flexibility index (Phi) is 8.04. The Morgan fingerprint density at radius 1 is 1.33 bits per heavy atom. The van der Waals surface area contributed by atoms with E-state index in [1.807, 2.05) is 0 Å². The number of furan rings is 1. The quantitative estimate of drug-likeness (QED) is 0.249. The predicted octanol–water partition coefficient (Wildman–Crippen LogP) is -0.619. The minimum atomic E-state index is -3.73. The minimum absolute atomic E-state index is 0.0896. The van der Waals surface area contributed by atoms with E-state index in [1.165, 1.54) is 0 Å². The second-order valence-corrected chi connectivity index (χ2v) is 6.74. The molecule has 0 fully saturated rings. The first-order valence-corrected chi connectivity index (χ1v) is 9.09. The van der Waals surface area contributed by atoms with Gasteiger partial charge in [-0.1, -0.05) is 0 Å². The zero-order valence-corrected chi connectivity index (χ0v) is 15.7. The first-order valence-electron chi connectivity index (χ1n) is 6.75. The number of hydrogen-bond acceptors (Lipinski definition) is 6. The lowest BCUT2D eigenvalue weighted by Gasteiger charge is -2.11. The number of nitrogens with one attached hydrogen (secondary N) is 2. The zero-order chi connectivity index (χ0) is 18.2. The lowest BCUT2D eigenvalue weighted by Crippen LogP contribution is -2.43. The van der Waals surface area contributed by atoms with Crippen molar-refractivity contribution in [3.8, 4) is 0 Å². The number of hydrogen-bond donors (Lipinski definition) is 4. The van der Waals surface area contributed by atoms with Crippen molar-refractivity contribution in [1.29, 1.82) is 0 Å². The van der Waals surface area contributed by atoms with Crippen LogP contribution in [0.15, 0.2) is 36.2 Å². The second-order valence-electron chi connectivity index (χ2n) is 4.44. The molecule has 0 radical (unpaired) electrons. The van der Waals surface area contributed by atoms with Crippen LogP contribution in [-0.2, 0) is 16.8 Å². The molecule has 1 aromatic heterocycles. The fourth-order valence-corrected chi connectivity index (χ4v) is 2.39. The van der Waals surface area contributed by atoms with Gasteiger partial charge in [0.2, 0.25) is 0 Å². The molecule has 10 nitrogen and oxygen atoms in total. The number of aliphatic imine (C=N–C) groups is 3. The van der Waals surface area contributed by atoms with Crippen molar-refractivity contribution in [2.45, 2.75) is 6.54 Å². The maximum atomic E-state index is 10.8. The molecule has 0 saturated heterocycles. The summed E-state index contributed by atoms with van der Waals surface area (Å²) >= 11 is 3.28. The average Bonchev–Trinajstić information content (AvgIpc) is 2.92. The van der Waals surface area contributed by atoms with Crippen molar-refractivity contribution in [2.24, 2.45) is 25.8 Å². The Morgan fingerprint density at radius 2 is 2.04 bits per heavy atom. The van der Waals surface area contributed by atoms with Crippen LogP contribution in [0.3, 0.4) is 0 Å². The van der Waals surface area contributed by atoms with Crippen molar-refractivity contribution >= 4 is 43.5 Å². The maximum Gasteiger partial charge on any atom is 0.274 e. The zero-order valence-electron chi connectivity index (χ0n) is 13.3. The Bertz CT molecular complexity index is 740. The van der Waals surface area contributed by atoms with Crippen molar-refractivity contribution in [1.82, 2.24) is 10.0 Å². The molecule has 0 spiro atoms. The van der Waals surface area contributed by atoms with E-state index in [2.05, 4.69) is 40.9 Å². The van der Waals surface area contributed by atoms with Crippen LogP contribution >= 0.6 is 15.9 Å². The van der Waals surface area contributed by atoms with E-state index in [4.69, 9.17) is 15.3 Å². The summed E-state index contributed by atoms with van der Waals surface area (Å²) in [5, 5.41) is 7.76. The van der Waals surface area contributed by atoms with Crippen molar-refractivity contribution < 1.29 is 12.8 Å². The largest absolute Gasteiger partial charge is 0.466 e. The van der Waals surface area contributed by atoms with Gasteiger partial charge in [-0.05, 0) is 22.0 Å². The van der Waals surface area contributed by atoms with Gasteiger partial charge in [-0.15, -0.1) is 0 Å². The van der Waals surface area contributed by atoms with Crippen LogP contribution in [0.4, 0.5) is 0 Å². The molecule has 0 aliphatic rings. The van der Waals surface area contributed by atoms with Crippen LogP contribution in [0.5, 0.6) is 0 Å². The molecule has 0 aliphatic heterocycles. The van der Waals surface area contributed by atoms with Crippen LogP contribution in [-0.4, -0.2) is 53.0 Å². The van der Waals surface area contributed by atoms with Gasteiger partial charge in [0.25, 0.3) is 10.2 Å². The van der Waals surface area contributed by atoms with E-state index in [0.717, 1.165) is 4.47 Å². The standard InChI is InChI=1S/C12H20BrN7O3S/c1-16-10(11(14)19-6-9-5-8(13)7-23-9)12(17-2)18-3-4-20-24(15,21)22/h5,7,20H,3-4,6H2,1-2H3,(H2,14,19)(H,17,18)(H2,15,21,22). The fraction of sp³-hybridized carbons (Fsp3) is 0.417. The van der Waals surface area contributed by atoms with Gasteiger partial charge in [0.15, 0.2) is 0 Å². The van der Waals surface area contributed by atoms with Crippen molar-refractivity contribution in [2.75, 3.05) is 27.2 Å².